The number of hydrogen-bond donors (Lipinski definition) is 0. The van der Waals surface area contributed by atoms with Crippen molar-refractivity contribution in [2.75, 3.05) is 14.2 Å². The van der Waals surface area contributed by atoms with Gasteiger partial charge in [0, 0.05) is 22.8 Å². The summed E-state index contributed by atoms with van der Waals surface area (Å²) in [6.45, 7) is 4.05. The summed E-state index contributed by atoms with van der Waals surface area (Å²) in [4.78, 5) is 4.79. The Hall–Kier alpha value is -3.00. The van der Waals surface area contributed by atoms with E-state index in [0.29, 0.717) is 5.56 Å². The van der Waals surface area contributed by atoms with Crippen molar-refractivity contribution in [3.05, 3.63) is 52.3 Å². The predicted octanol–water partition coefficient (Wildman–Crippen LogP) is 4.47. The molecule has 2 heterocycles. The fourth-order valence-electron chi connectivity index (χ4n) is 4.42. The molecule has 0 spiro atoms. The molecular formula is C22H23N3O2. The Morgan fingerprint density at radius 1 is 1.22 bits per heavy atom. The van der Waals surface area contributed by atoms with Crippen LogP contribution in [-0.4, -0.2) is 23.8 Å². The number of rotatable bonds is 3. The molecule has 0 N–H and O–H groups in total. The molecule has 0 saturated heterocycles. The van der Waals surface area contributed by atoms with E-state index in [9.17, 15) is 5.26 Å². The second-order valence-corrected chi connectivity index (χ2v) is 7.12. The fourth-order valence-corrected chi connectivity index (χ4v) is 4.42. The van der Waals surface area contributed by atoms with Crippen LogP contribution in [0.2, 0.25) is 0 Å². The fraction of sp³-hybridized carbons (Fsp3) is 0.364. The zero-order valence-electron chi connectivity index (χ0n) is 16.2. The normalized spacial score (nSPS) is 16.0. The lowest BCUT2D eigenvalue weighted by molar-refractivity contribution is 0.347. The van der Waals surface area contributed by atoms with Gasteiger partial charge >= 0.3 is 0 Å². The minimum atomic E-state index is 0.131. The highest BCUT2D eigenvalue weighted by Gasteiger charge is 2.28. The molecule has 0 amide bonds. The number of fused-ring (bicyclic) bond motifs is 2. The van der Waals surface area contributed by atoms with Gasteiger partial charge in [-0.25, -0.2) is 4.98 Å². The second-order valence-electron chi connectivity index (χ2n) is 7.12. The van der Waals surface area contributed by atoms with Crippen LogP contribution < -0.4 is 9.47 Å². The minimum Gasteiger partial charge on any atom is -0.493 e. The highest BCUT2D eigenvalue weighted by molar-refractivity contribution is 5.87. The van der Waals surface area contributed by atoms with Gasteiger partial charge in [0.15, 0.2) is 11.5 Å². The molecule has 1 aliphatic carbocycles. The Morgan fingerprint density at radius 3 is 2.74 bits per heavy atom. The van der Waals surface area contributed by atoms with Crippen LogP contribution in [0.1, 0.15) is 46.8 Å². The summed E-state index contributed by atoms with van der Waals surface area (Å²) in [5.74, 6) is 1.58. The van der Waals surface area contributed by atoms with Crippen LogP contribution in [0.25, 0.3) is 11.0 Å². The van der Waals surface area contributed by atoms with Crippen LogP contribution in [0.15, 0.2) is 24.4 Å². The molecule has 0 radical (unpaired) electrons. The third-order valence-electron chi connectivity index (χ3n) is 5.51. The van der Waals surface area contributed by atoms with Gasteiger partial charge in [0.25, 0.3) is 0 Å². The monoisotopic (exact) mass is 361 g/mol. The Morgan fingerprint density at radius 2 is 2.04 bits per heavy atom. The number of nitriles is 1. The summed E-state index contributed by atoms with van der Waals surface area (Å²) in [6.07, 6.45) is 4.97. The number of benzene rings is 1. The summed E-state index contributed by atoms with van der Waals surface area (Å²) >= 11 is 0. The molecule has 27 heavy (non-hydrogen) atoms. The smallest absolute Gasteiger partial charge is 0.164 e. The minimum absolute atomic E-state index is 0.131. The molecule has 4 rings (SSSR count). The predicted molar refractivity (Wildman–Crippen MR) is 105 cm³/mol. The first-order valence-electron chi connectivity index (χ1n) is 9.21. The molecule has 1 aliphatic rings. The highest BCUT2D eigenvalue weighted by Crippen LogP contribution is 2.43. The van der Waals surface area contributed by atoms with Crippen LogP contribution in [0.4, 0.5) is 0 Å². The zero-order valence-corrected chi connectivity index (χ0v) is 16.2. The Labute approximate surface area is 159 Å². The molecule has 1 atom stereocenters. The standard InChI is InChI=1S/C22H23N3O2/c1-13-10-14(2)24-22-20(13)15(11-23)12-25(22)18-7-5-6-17-16(18)8-9-19(26-3)21(17)27-4/h8-10,12,18H,5-7H2,1-4H3. The van der Waals surface area contributed by atoms with E-state index in [2.05, 4.69) is 16.7 Å². The molecule has 0 fully saturated rings. The van der Waals surface area contributed by atoms with Gasteiger partial charge in [0.2, 0.25) is 0 Å². The second kappa shape index (κ2) is 6.62. The lowest BCUT2D eigenvalue weighted by Crippen LogP contribution is -2.18. The molecule has 1 aromatic carbocycles. The molecule has 2 aromatic heterocycles. The Balaban J connectivity index is 1.96. The van der Waals surface area contributed by atoms with Crippen molar-refractivity contribution in [1.29, 1.82) is 5.26 Å². The van der Waals surface area contributed by atoms with Gasteiger partial charge in [-0.05, 0) is 56.4 Å². The third-order valence-corrected chi connectivity index (χ3v) is 5.51. The van der Waals surface area contributed by atoms with Crippen LogP contribution >= 0.6 is 0 Å². The highest BCUT2D eigenvalue weighted by atomic mass is 16.5. The van der Waals surface area contributed by atoms with Gasteiger partial charge in [-0.15, -0.1) is 0 Å². The van der Waals surface area contributed by atoms with Crippen LogP contribution in [0, 0.1) is 25.2 Å². The van der Waals surface area contributed by atoms with Crippen molar-refractivity contribution in [2.45, 2.75) is 39.2 Å². The van der Waals surface area contributed by atoms with Crippen molar-refractivity contribution >= 4 is 11.0 Å². The van der Waals surface area contributed by atoms with Gasteiger partial charge in [-0.1, -0.05) is 6.07 Å². The average Bonchev–Trinajstić information content (AvgIpc) is 3.05. The van der Waals surface area contributed by atoms with E-state index in [1.165, 1.54) is 11.1 Å². The van der Waals surface area contributed by atoms with Crippen molar-refractivity contribution < 1.29 is 9.47 Å². The van der Waals surface area contributed by atoms with Crippen LogP contribution in [-0.2, 0) is 6.42 Å². The van der Waals surface area contributed by atoms with Gasteiger partial charge < -0.3 is 14.0 Å². The maximum Gasteiger partial charge on any atom is 0.164 e. The number of hydrogen-bond acceptors (Lipinski definition) is 4. The Kier molecular flexibility index (Phi) is 4.27. The van der Waals surface area contributed by atoms with E-state index >= 15 is 0 Å². The number of pyridine rings is 1. The van der Waals surface area contributed by atoms with Crippen molar-refractivity contribution in [3.63, 3.8) is 0 Å². The lowest BCUT2D eigenvalue weighted by Gasteiger charge is -2.29. The van der Waals surface area contributed by atoms with E-state index in [0.717, 1.165) is 53.1 Å². The number of methoxy groups -OCH3 is 2. The average molecular weight is 361 g/mol. The van der Waals surface area contributed by atoms with Gasteiger partial charge in [0.05, 0.1) is 25.8 Å². The van der Waals surface area contributed by atoms with Crippen LogP contribution in [0.3, 0.4) is 0 Å². The van der Waals surface area contributed by atoms with Gasteiger partial charge in [0.1, 0.15) is 11.7 Å². The molecule has 5 nitrogen and oxygen atoms in total. The van der Waals surface area contributed by atoms with Crippen molar-refractivity contribution in [3.8, 4) is 17.6 Å². The van der Waals surface area contributed by atoms with Crippen molar-refractivity contribution in [1.82, 2.24) is 9.55 Å². The summed E-state index contributed by atoms with van der Waals surface area (Å²) in [7, 11) is 3.35. The SMILES string of the molecule is COc1ccc2c(c1OC)CCCC2n1cc(C#N)c2c(C)cc(C)nc21. The van der Waals surface area contributed by atoms with Crippen molar-refractivity contribution in [2.24, 2.45) is 0 Å². The summed E-state index contributed by atoms with van der Waals surface area (Å²) in [5.41, 5.74) is 6.04. The summed E-state index contributed by atoms with van der Waals surface area (Å²) < 4.78 is 13.3. The first-order valence-corrected chi connectivity index (χ1v) is 9.21. The molecule has 138 valence electrons. The number of nitrogens with zero attached hydrogens (tertiary/aromatic N) is 3. The van der Waals surface area contributed by atoms with E-state index in [-0.39, 0.29) is 6.04 Å². The molecular weight excluding hydrogens is 338 g/mol. The summed E-state index contributed by atoms with van der Waals surface area (Å²) in [5, 5.41) is 10.6. The molecule has 0 bridgehead atoms. The van der Waals surface area contributed by atoms with Crippen LogP contribution in [0.5, 0.6) is 11.5 Å². The first kappa shape index (κ1) is 17.4. The molecule has 3 aromatic rings. The van der Waals surface area contributed by atoms with Gasteiger partial charge in [-0.2, -0.15) is 5.26 Å². The topological polar surface area (TPSA) is 60.1 Å². The maximum atomic E-state index is 9.66. The zero-order chi connectivity index (χ0) is 19.1. The first-order chi connectivity index (χ1) is 13.1. The molecule has 5 heteroatoms. The van der Waals surface area contributed by atoms with E-state index in [4.69, 9.17) is 14.5 Å². The van der Waals surface area contributed by atoms with E-state index in [1.807, 2.05) is 32.2 Å². The summed E-state index contributed by atoms with van der Waals surface area (Å²) in [6, 6.07) is 8.61. The Bertz CT molecular complexity index is 1080. The number of aromatic nitrogens is 2. The number of ether oxygens (including phenoxy) is 2. The maximum absolute atomic E-state index is 9.66. The lowest BCUT2D eigenvalue weighted by atomic mass is 9.86. The third kappa shape index (κ3) is 2.64. The molecule has 0 aliphatic heterocycles. The van der Waals surface area contributed by atoms with E-state index in [1.54, 1.807) is 14.2 Å². The largest absolute Gasteiger partial charge is 0.493 e. The van der Waals surface area contributed by atoms with E-state index < -0.39 is 0 Å². The quantitative estimate of drug-likeness (QED) is 0.691. The molecule has 0 saturated carbocycles. The number of aryl methyl sites for hydroxylation is 2. The molecule has 1 unspecified atom stereocenters. The van der Waals surface area contributed by atoms with Gasteiger partial charge in [-0.3, -0.25) is 0 Å².